The number of hydrogen-bond acceptors (Lipinski definition) is 3. The Morgan fingerprint density at radius 2 is 2.46 bits per heavy atom. The molecule has 1 N–H and O–H groups in total. The van der Waals surface area contributed by atoms with Crippen LogP contribution >= 0.6 is 22.9 Å². The second-order valence-corrected chi connectivity index (χ2v) is 5.23. The SMILES string of the molecule is Clc1cnc(CNCC2CCC2)s1. The molecule has 1 saturated carbocycles. The van der Waals surface area contributed by atoms with Gasteiger partial charge in [0, 0.05) is 6.54 Å². The quantitative estimate of drug-likeness (QED) is 0.837. The molecule has 1 heterocycles. The molecule has 1 fully saturated rings. The molecule has 4 heteroatoms. The molecule has 0 radical (unpaired) electrons. The van der Waals surface area contributed by atoms with Gasteiger partial charge in [-0.25, -0.2) is 4.98 Å². The van der Waals surface area contributed by atoms with Gasteiger partial charge < -0.3 is 5.32 Å². The molecule has 2 rings (SSSR count). The van der Waals surface area contributed by atoms with Crippen molar-refractivity contribution in [3.05, 3.63) is 15.5 Å². The Labute approximate surface area is 87.3 Å². The van der Waals surface area contributed by atoms with Crippen molar-refractivity contribution in [1.29, 1.82) is 0 Å². The van der Waals surface area contributed by atoms with E-state index in [9.17, 15) is 0 Å². The van der Waals surface area contributed by atoms with E-state index in [0.29, 0.717) is 0 Å². The smallest absolute Gasteiger partial charge is 0.113 e. The van der Waals surface area contributed by atoms with Gasteiger partial charge in [0.25, 0.3) is 0 Å². The highest BCUT2D eigenvalue weighted by atomic mass is 35.5. The first-order valence-corrected chi connectivity index (χ1v) is 5.85. The maximum atomic E-state index is 5.77. The van der Waals surface area contributed by atoms with Crippen LogP contribution in [0.25, 0.3) is 0 Å². The number of aromatic nitrogens is 1. The minimum absolute atomic E-state index is 0.778. The van der Waals surface area contributed by atoms with Gasteiger partial charge in [0.2, 0.25) is 0 Å². The predicted molar refractivity (Wildman–Crippen MR) is 56.2 cm³/mol. The average molecular weight is 217 g/mol. The summed E-state index contributed by atoms with van der Waals surface area (Å²) in [7, 11) is 0. The summed E-state index contributed by atoms with van der Waals surface area (Å²) in [4.78, 5) is 4.18. The van der Waals surface area contributed by atoms with Crippen LogP contribution in [0.1, 0.15) is 24.3 Å². The molecule has 1 aromatic heterocycles. The minimum atomic E-state index is 0.778. The average Bonchev–Trinajstić information content (AvgIpc) is 2.42. The van der Waals surface area contributed by atoms with Crippen LogP contribution in [0, 0.1) is 5.92 Å². The summed E-state index contributed by atoms with van der Waals surface area (Å²) < 4.78 is 0.778. The van der Waals surface area contributed by atoms with Gasteiger partial charge in [0.1, 0.15) is 9.34 Å². The van der Waals surface area contributed by atoms with Crippen LogP contribution in [0.3, 0.4) is 0 Å². The number of thiazole rings is 1. The van der Waals surface area contributed by atoms with E-state index in [-0.39, 0.29) is 0 Å². The molecule has 1 aromatic rings. The Balaban J connectivity index is 1.67. The Morgan fingerprint density at radius 3 is 3.00 bits per heavy atom. The lowest BCUT2D eigenvalue weighted by atomic mass is 9.85. The van der Waals surface area contributed by atoms with Crippen LogP contribution in [0.5, 0.6) is 0 Å². The summed E-state index contributed by atoms with van der Waals surface area (Å²) >= 11 is 7.33. The summed E-state index contributed by atoms with van der Waals surface area (Å²) in [5, 5.41) is 4.49. The third-order valence-electron chi connectivity index (χ3n) is 2.46. The molecule has 2 nitrogen and oxygen atoms in total. The number of nitrogens with one attached hydrogen (secondary N) is 1. The Hall–Kier alpha value is -0.120. The van der Waals surface area contributed by atoms with Gasteiger partial charge in [0.15, 0.2) is 0 Å². The van der Waals surface area contributed by atoms with E-state index in [1.807, 2.05) is 0 Å². The topological polar surface area (TPSA) is 24.9 Å². The van der Waals surface area contributed by atoms with Crippen molar-refractivity contribution in [3.63, 3.8) is 0 Å². The third kappa shape index (κ3) is 2.66. The molecule has 0 amide bonds. The van der Waals surface area contributed by atoms with Gasteiger partial charge in [-0.2, -0.15) is 0 Å². The molecule has 0 unspecified atom stereocenters. The van der Waals surface area contributed by atoms with Crippen LogP contribution in [0.4, 0.5) is 0 Å². The van der Waals surface area contributed by atoms with Gasteiger partial charge in [-0.05, 0) is 25.3 Å². The molecule has 13 heavy (non-hydrogen) atoms. The molecule has 0 spiro atoms. The van der Waals surface area contributed by atoms with Gasteiger partial charge in [-0.1, -0.05) is 18.0 Å². The van der Waals surface area contributed by atoms with Crippen molar-refractivity contribution in [2.45, 2.75) is 25.8 Å². The summed E-state index contributed by atoms with van der Waals surface area (Å²) in [5.41, 5.74) is 0. The van der Waals surface area contributed by atoms with Crippen LogP contribution in [-0.2, 0) is 6.54 Å². The molecule has 1 aliphatic carbocycles. The van der Waals surface area contributed by atoms with Crippen LogP contribution in [0.2, 0.25) is 4.34 Å². The predicted octanol–water partition coefficient (Wildman–Crippen LogP) is 2.69. The molecular weight excluding hydrogens is 204 g/mol. The number of halogens is 1. The standard InChI is InChI=1S/C9H13ClN2S/c10-8-5-12-9(13-8)6-11-4-7-2-1-3-7/h5,7,11H,1-4,6H2. The normalized spacial score (nSPS) is 17.3. The van der Waals surface area contributed by atoms with Crippen molar-refractivity contribution < 1.29 is 0 Å². The van der Waals surface area contributed by atoms with Crippen molar-refractivity contribution in [1.82, 2.24) is 10.3 Å². The Kier molecular flexibility index (Phi) is 3.19. The highest BCUT2D eigenvalue weighted by Gasteiger charge is 2.16. The molecule has 0 atom stereocenters. The second-order valence-electron chi connectivity index (χ2n) is 3.49. The molecular formula is C9H13ClN2S. The van der Waals surface area contributed by atoms with Gasteiger partial charge in [-0.15, -0.1) is 11.3 Å². The zero-order chi connectivity index (χ0) is 9.10. The fraction of sp³-hybridized carbons (Fsp3) is 0.667. The zero-order valence-corrected chi connectivity index (χ0v) is 9.00. The van der Waals surface area contributed by atoms with Gasteiger partial charge in [0.05, 0.1) is 6.20 Å². The van der Waals surface area contributed by atoms with Crippen LogP contribution < -0.4 is 5.32 Å². The van der Waals surface area contributed by atoms with E-state index in [4.69, 9.17) is 11.6 Å². The first-order chi connectivity index (χ1) is 6.34. The minimum Gasteiger partial charge on any atom is -0.310 e. The lowest BCUT2D eigenvalue weighted by Gasteiger charge is -2.25. The summed E-state index contributed by atoms with van der Waals surface area (Å²) in [6, 6.07) is 0. The number of hydrogen-bond donors (Lipinski definition) is 1. The molecule has 1 aliphatic rings. The first-order valence-electron chi connectivity index (χ1n) is 4.65. The molecule has 0 aliphatic heterocycles. The maximum Gasteiger partial charge on any atom is 0.113 e. The summed E-state index contributed by atoms with van der Waals surface area (Å²) in [6.07, 6.45) is 5.92. The molecule has 0 saturated heterocycles. The van der Waals surface area contributed by atoms with Crippen molar-refractivity contribution >= 4 is 22.9 Å². The van der Waals surface area contributed by atoms with Crippen LogP contribution in [-0.4, -0.2) is 11.5 Å². The van der Waals surface area contributed by atoms with Crippen LogP contribution in [0.15, 0.2) is 6.20 Å². The number of nitrogens with zero attached hydrogens (tertiary/aromatic N) is 1. The largest absolute Gasteiger partial charge is 0.310 e. The molecule has 0 aromatic carbocycles. The lowest BCUT2D eigenvalue weighted by Crippen LogP contribution is -2.26. The first kappa shape index (κ1) is 9.44. The zero-order valence-electron chi connectivity index (χ0n) is 7.42. The Morgan fingerprint density at radius 1 is 1.62 bits per heavy atom. The second kappa shape index (κ2) is 4.40. The number of rotatable bonds is 4. The lowest BCUT2D eigenvalue weighted by molar-refractivity contribution is 0.301. The van der Waals surface area contributed by atoms with Gasteiger partial charge >= 0.3 is 0 Å². The summed E-state index contributed by atoms with van der Waals surface area (Å²) in [6.45, 7) is 2.01. The maximum absolute atomic E-state index is 5.77. The monoisotopic (exact) mass is 216 g/mol. The van der Waals surface area contributed by atoms with E-state index in [2.05, 4.69) is 10.3 Å². The van der Waals surface area contributed by atoms with Crippen molar-refractivity contribution in [2.75, 3.05) is 6.54 Å². The fourth-order valence-corrected chi connectivity index (χ4v) is 2.38. The van der Waals surface area contributed by atoms with E-state index in [1.165, 1.54) is 19.3 Å². The van der Waals surface area contributed by atoms with Crippen molar-refractivity contribution in [2.24, 2.45) is 5.92 Å². The van der Waals surface area contributed by atoms with E-state index in [0.717, 1.165) is 28.4 Å². The fourth-order valence-electron chi connectivity index (χ4n) is 1.45. The van der Waals surface area contributed by atoms with Crippen molar-refractivity contribution in [3.8, 4) is 0 Å². The van der Waals surface area contributed by atoms with E-state index < -0.39 is 0 Å². The Bertz CT molecular complexity index is 270. The molecule has 72 valence electrons. The highest BCUT2D eigenvalue weighted by Crippen LogP contribution is 2.25. The highest BCUT2D eigenvalue weighted by molar-refractivity contribution is 7.15. The third-order valence-corrected chi connectivity index (χ3v) is 3.57. The summed E-state index contributed by atoms with van der Waals surface area (Å²) in [5.74, 6) is 0.912. The van der Waals surface area contributed by atoms with E-state index in [1.54, 1.807) is 17.5 Å². The van der Waals surface area contributed by atoms with E-state index >= 15 is 0 Å². The van der Waals surface area contributed by atoms with Gasteiger partial charge in [-0.3, -0.25) is 0 Å². The molecule has 0 bridgehead atoms.